The zero-order valence-corrected chi connectivity index (χ0v) is 14.1. The third kappa shape index (κ3) is 3.25. The van der Waals surface area contributed by atoms with E-state index in [4.69, 9.17) is 9.47 Å². The van der Waals surface area contributed by atoms with Gasteiger partial charge in [-0.25, -0.2) is 8.42 Å². The normalized spacial score (nSPS) is 11.0. The molecule has 0 amide bonds. The lowest BCUT2D eigenvalue weighted by Gasteiger charge is -2.20. The number of nitro benzene ring substituents is 1. The molecule has 8 nitrogen and oxygen atoms in total. The highest BCUT2D eigenvalue weighted by atomic mass is 32.2. The van der Waals surface area contributed by atoms with Gasteiger partial charge in [-0.05, 0) is 18.2 Å². The molecule has 0 heterocycles. The second-order valence-electron chi connectivity index (χ2n) is 4.77. The maximum atomic E-state index is 12.7. The number of non-ortho nitro benzene ring substituents is 1. The number of benzene rings is 2. The van der Waals surface area contributed by atoms with Crippen LogP contribution in [-0.2, 0) is 10.0 Å². The predicted molar refractivity (Wildman–Crippen MR) is 88.2 cm³/mol. The Kier molecular flexibility index (Phi) is 4.93. The summed E-state index contributed by atoms with van der Waals surface area (Å²) in [4.78, 5) is 10.0. The van der Waals surface area contributed by atoms with E-state index in [2.05, 4.69) is 0 Å². The van der Waals surface area contributed by atoms with Crippen molar-refractivity contribution in [3.63, 3.8) is 0 Å². The fourth-order valence-corrected chi connectivity index (χ4v) is 3.30. The number of hydrogen-bond acceptors (Lipinski definition) is 6. The molecular formula is C15H16N2O6S. The Morgan fingerprint density at radius 1 is 1.04 bits per heavy atom. The van der Waals surface area contributed by atoms with Crippen LogP contribution in [0.4, 0.5) is 11.4 Å². The van der Waals surface area contributed by atoms with E-state index in [9.17, 15) is 18.5 Å². The van der Waals surface area contributed by atoms with Gasteiger partial charge < -0.3 is 9.47 Å². The van der Waals surface area contributed by atoms with Gasteiger partial charge in [-0.1, -0.05) is 6.07 Å². The van der Waals surface area contributed by atoms with Crippen molar-refractivity contribution < 1.29 is 22.8 Å². The molecule has 0 N–H and O–H groups in total. The first-order chi connectivity index (χ1) is 11.3. The summed E-state index contributed by atoms with van der Waals surface area (Å²) < 4.78 is 36.7. The molecule has 0 atom stereocenters. The number of nitro groups is 1. The average Bonchev–Trinajstić information content (AvgIpc) is 2.60. The van der Waals surface area contributed by atoms with E-state index in [1.165, 1.54) is 45.5 Å². The van der Waals surface area contributed by atoms with Crippen LogP contribution in [0.1, 0.15) is 0 Å². The minimum Gasteiger partial charge on any atom is -0.493 e. The molecule has 0 aliphatic rings. The molecule has 0 saturated carbocycles. The number of anilines is 1. The van der Waals surface area contributed by atoms with Crippen LogP contribution in [0.15, 0.2) is 47.4 Å². The first kappa shape index (κ1) is 17.5. The van der Waals surface area contributed by atoms with E-state index in [1.807, 2.05) is 0 Å². The first-order valence-electron chi connectivity index (χ1n) is 6.76. The van der Waals surface area contributed by atoms with Crippen LogP contribution in [0.25, 0.3) is 0 Å². The molecular weight excluding hydrogens is 336 g/mol. The van der Waals surface area contributed by atoms with E-state index in [0.717, 1.165) is 10.4 Å². The molecule has 0 spiro atoms. The van der Waals surface area contributed by atoms with Crippen LogP contribution in [0, 0.1) is 10.1 Å². The Bertz CT molecular complexity index is 866. The van der Waals surface area contributed by atoms with Crippen LogP contribution < -0.4 is 13.8 Å². The summed E-state index contributed by atoms with van der Waals surface area (Å²) >= 11 is 0. The monoisotopic (exact) mass is 352 g/mol. The van der Waals surface area contributed by atoms with E-state index in [1.54, 1.807) is 12.1 Å². The number of nitrogens with zero attached hydrogens (tertiary/aromatic N) is 2. The summed E-state index contributed by atoms with van der Waals surface area (Å²) in [6.45, 7) is 0. The zero-order chi connectivity index (χ0) is 17.9. The van der Waals surface area contributed by atoms with Crippen molar-refractivity contribution in [1.29, 1.82) is 0 Å². The second kappa shape index (κ2) is 6.75. The minimum atomic E-state index is -3.96. The Morgan fingerprint density at radius 2 is 1.71 bits per heavy atom. The molecule has 9 heteroatoms. The molecule has 0 radical (unpaired) electrons. The molecule has 2 rings (SSSR count). The van der Waals surface area contributed by atoms with Crippen LogP contribution >= 0.6 is 0 Å². The van der Waals surface area contributed by atoms with E-state index >= 15 is 0 Å². The number of rotatable bonds is 6. The summed E-state index contributed by atoms with van der Waals surface area (Å²) in [7, 11) is 0.311. The van der Waals surface area contributed by atoms with Crippen LogP contribution in [-0.4, -0.2) is 34.6 Å². The molecule has 0 fully saturated rings. The number of ether oxygens (including phenoxy) is 2. The van der Waals surface area contributed by atoms with Crippen molar-refractivity contribution in [2.45, 2.75) is 4.90 Å². The third-order valence-electron chi connectivity index (χ3n) is 3.42. The SMILES string of the molecule is COc1ccc(N(C)S(=O)(=O)c2cccc([N+](=O)[O-])c2)cc1OC. The highest BCUT2D eigenvalue weighted by molar-refractivity contribution is 7.92. The van der Waals surface area contributed by atoms with Crippen LogP contribution in [0.3, 0.4) is 0 Å². The van der Waals surface area contributed by atoms with Gasteiger partial charge in [-0.2, -0.15) is 0 Å². The van der Waals surface area contributed by atoms with Crippen molar-refractivity contribution >= 4 is 21.4 Å². The van der Waals surface area contributed by atoms with Gasteiger partial charge in [0.25, 0.3) is 15.7 Å². The topological polar surface area (TPSA) is 99.0 Å². The van der Waals surface area contributed by atoms with Gasteiger partial charge in [0.1, 0.15) is 0 Å². The lowest BCUT2D eigenvalue weighted by atomic mass is 10.3. The van der Waals surface area contributed by atoms with E-state index in [0.29, 0.717) is 17.2 Å². The molecule has 0 aliphatic heterocycles. The Labute approximate surface area is 139 Å². The molecule has 128 valence electrons. The van der Waals surface area contributed by atoms with Gasteiger partial charge in [-0.15, -0.1) is 0 Å². The summed E-state index contributed by atoms with van der Waals surface area (Å²) in [5.41, 5.74) is 0.0379. The number of methoxy groups -OCH3 is 2. The smallest absolute Gasteiger partial charge is 0.270 e. The summed E-state index contributed by atoms with van der Waals surface area (Å²) in [5, 5.41) is 10.8. The maximum absolute atomic E-state index is 12.7. The number of hydrogen-bond donors (Lipinski definition) is 0. The van der Waals surface area contributed by atoms with Gasteiger partial charge in [-0.3, -0.25) is 14.4 Å². The molecule has 0 aromatic heterocycles. The third-order valence-corrected chi connectivity index (χ3v) is 5.20. The first-order valence-corrected chi connectivity index (χ1v) is 8.20. The van der Waals surface area contributed by atoms with Crippen LogP contribution in [0.2, 0.25) is 0 Å². The van der Waals surface area contributed by atoms with Gasteiger partial charge in [0.05, 0.1) is 29.7 Å². The summed E-state index contributed by atoms with van der Waals surface area (Å²) in [6, 6.07) is 9.52. The van der Waals surface area contributed by atoms with Crippen molar-refractivity contribution in [3.8, 4) is 11.5 Å². The van der Waals surface area contributed by atoms with Crippen molar-refractivity contribution in [1.82, 2.24) is 0 Å². The average molecular weight is 352 g/mol. The van der Waals surface area contributed by atoms with Gasteiger partial charge in [0.2, 0.25) is 0 Å². The second-order valence-corrected chi connectivity index (χ2v) is 6.74. The largest absolute Gasteiger partial charge is 0.493 e. The Hall–Kier alpha value is -2.81. The summed E-state index contributed by atoms with van der Waals surface area (Å²) in [5.74, 6) is 0.832. The molecule has 2 aromatic rings. The van der Waals surface area contributed by atoms with Crippen molar-refractivity contribution in [2.75, 3.05) is 25.6 Å². The summed E-state index contributed by atoms with van der Waals surface area (Å²) in [6.07, 6.45) is 0. The number of sulfonamides is 1. The van der Waals surface area contributed by atoms with E-state index in [-0.39, 0.29) is 10.6 Å². The van der Waals surface area contributed by atoms with Gasteiger partial charge in [0, 0.05) is 25.2 Å². The fraction of sp³-hybridized carbons (Fsp3) is 0.200. The minimum absolute atomic E-state index is 0.172. The molecule has 24 heavy (non-hydrogen) atoms. The quantitative estimate of drug-likeness (QED) is 0.585. The zero-order valence-electron chi connectivity index (χ0n) is 13.3. The van der Waals surface area contributed by atoms with Gasteiger partial charge in [0.15, 0.2) is 11.5 Å². The highest BCUT2D eigenvalue weighted by Gasteiger charge is 2.24. The fourth-order valence-electron chi connectivity index (χ4n) is 2.08. The highest BCUT2D eigenvalue weighted by Crippen LogP contribution is 2.33. The molecule has 0 saturated heterocycles. The Balaban J connectivity index is 2.46. The molecule has 0 unspecified atom stereocenters. The lowest BCUT2D eigenvalue weighted by Crippen LogP contribution is -2.26. The van der Waals surface area contributed by atoms with Crippen molar-refractivity contribution in [2.24, 2.45) is 0 Å². The molecule has 0 bridgehead atoms. The van der Waals surface area contributed by atoms with Crippen molar-refractivity contribution in [3.05, 3.63) is 52.6 Å². The van der Waals surface area contributed by atoms with E-state index < -0.39 is 14.9 Å². The molecule has 0 aliphatic carbocycles. The standard InChI is InChI=1S/C15H16N2O6S/c1-16(11-7-8-14(22-2)15(10-11)23-3)24(20,21)13-6-4-5-12(9-13)17(18)19/h4-10H,1-3H3. The lowest BCUT2D eigenvalue weighted by molar-refractivity contribution is -0.385. The Morgan fingerprint density at radius 3 is 2.29 bits per heavy atom. The van der Waals surface area contributed by atoms with Gasteiger partial charge >= 0.3 is 0 Å². The molecule has 2 aromatic carbocycles. The maximum Gasteiger partial charge on any atom is 0.270 e. The van der Waals surface area contributed by atoms with Crippen LogP contribution in [0.5, 0.6) is 11.5 Å². The predicted octanol–water partition coefficient (Wildman–Crippen LogP) is 2.44.